The number of hydrogen-bond donors (Lipinski definition) is 2. The van der Waals surface area contributed by atoms with Gasteiger partial charge >= 0.3 is 0 Å². The van der Waals surface area contributed by atoms with Crippen LogP contribution in [-0.4, -0.2) is 49.1 Å². The zero-order valence-electron chi connectivity index (χ0n) is 13.9. The number of rotatable bonds is 6. The lowest BCUT2D eigenvalue weighted by Crippen LogP contribution is -2.52. The van der Waals surface area contributed by atoms with E-state index in [9.17, 15) is 4.79 Å². The van der Waals surface area contributed by atoms with E-state index in [1.165, 1.54) is 44.9 Å². The molecule has 0 radical (unpaired) electrons. The van der Waals surface area contributed by atoms with Crippen LogP contribution in [0.15, 0.2) is 0 Å². The Morgan fingerprint density at radius 1 is 1.19 bits per heavy atom. The minimum atomic E-state index is 0.0244. The van der Waals surface area contributed by atoms with Crippen LogP contribution in [0.3, 0.4) is 0 Å². The Kier molecular flexibility index (Phi) is 6.97. The molecule has 1 amide bonds. The van der Waals surface area contributed by atoms with Gasteiger partial charge in [0.1, 0.15) is 0 Å². The van der Waals surface area contributed by atoms with E-state index in [1.54, 1.807) is 0 Å². The number of nitrogens with zero attached hydrogens (tertiary/aromatic N) is 1. The van der Waals surface area contributed by atoms with E-state index in [-0.39, 0.29) is 11.9 Å². The molecule has 1 heterocycles. The molecule has 0 aromatic heterocycles. The van der Waals surface area contributed by atoms with Gasteiger partial charge in [0.2, 0.25) is 5.91 Å². The Hall–Kier alpha value is -0.610. The third kappa shape index (κ3) is 5.26. The highest BCUT2D eigenvalue weighted by Gasteiger charge is 2.28. The first kappa shape index (κ1) is 16.8. The average molecular weight is 295 g/mol. The Bertz CT molecular complexity index is 315. The van der Waals surface area contributed by atoms with Gasteiger partial charge in [-0.2, -0.15) is 0 Å². The maximum Gasteiger partial charge on any atom is 0.237 e. The number of hydrogen-bond acceptors (Lipinski definition) is 3. The van der Waals surface area contributed by atoms with Crippen LogP contribution in [0.5, 0.6) is 0 Å². The molecule has 4 nitrogen and oxygen atoms in total. The van der Waals surface area contributed by atoms with E-state index in [4.69, 9.17) is 0 Å². The summed E-state index contributed by atoms with van der Waals surface area (Å²) < 4.78 is 0. The van der Waals surface area contributed by atoms with Crippen molar-refractivity contribution in [3.63, 3.8) is 0 Å². The zero-order chi connectivity index (χ0) is 15.1. The van der Waals surface area contributed by atoms with Gasteiger partial charge < -0.3 is 10.6 Å². The molecule has 21 heavy (non-hydrogen) atoms. The van der Waals surface area contributed by atoms with Crippen molar-refractivity contribution in [2.75, 3.05) is 26.2 Å². The lowest BCUT2D eigenvalue weighted by molar-refractivity contribution is -0.127. The van der Waals surface area contributed by atoms with E-state index in [2.05, 4.69) is 29.4 Å². The first-order chi connectivity index (χ1) is 10.2. The van der Waals surface area contributed by atoms with E-state index >= 15 is 0 Å². The smallest absolute Gasteiger partial charge is 0.237 e. The van der Waals surface area contributed by atoms with Gasteiger partial charge in [-0.25, -0.2) is 0 Å². The van der Waals surface area contributed by atoms with E-state index < -0.39 is 0 Å². The number of piperidine rings is 1. The molecule has 1 aliphatic carbocycles. The summed E-state index contributed by atoms with van der Waals surface area (Å²) in [6.45, 7) is 8.49. The molecule has 2 fully saturated rings. The molecule has 0 bridgehead atoms. The third-order valence-electron chi connectivity index (χ3n) is 5.11. The molecule has 1 saturated heterocycles. The van der Waals surface area contributed by atoms with Crippen LogP contribution < -0.4 is 10.6 Å². The largest absolute Gasteiger partial charge is 0.352 e. The van der Waals surface area contributed by atoms with Gasteiger partial charge in [0, 0.05) is 12.6 Å². The van der Waals surface area contributed by atoms with Crippen LogP contribution in [0, 0.1) is 5.92 Å². The van der Waals surface area contributed by atoms with Gasteiger partial charge in [-0.1, -0.05) is 26.2 Å². The van der Waals surface area contributed by atoms with Gasteiger partial charge in [-0.3, -0.25) is 9.69 Å². The molecule has 122 valence electrons. The van der Waals surface area contributed by atoms with Crippen molar-refractivity contribution in [3.05, 3.63) is 0 Å². The van der Waals surface area contributed by atoms with Crippen molar-refractivity contribution in [1.29, 1.82) is 0 Å². The second kappa shape index (κ2) is 8.74. The van der Waals surface area contributed by atoms with Crippen LogP contribution in [0.1, 0.15) is 58.8 Å². The molecule has 1 aliphatic heterocycles. The average Bonchev–Trinajstić information content (AvgIpc) is 2.53. The zero-order valence-corrected chi connectivity index (χ0v) is 13.9. The lowest BCUT2D eigenvalue weighted by atomic mass is 9.94. The van der Waals surface area contributed by atoms with E-state index in [0.29, 0.717) is 12.0 Å². The number of nitrogens with one attached hydrogen (secondary N) is 2. The second-order valence-corrected chi connectivity index (χ2v) is 6.83. The second-order valence-electron chi connectivity index (χ2n) is 6.83. The van der Waals surface area contributed by atoms with Crippen molar-refractivity contribution in [2.45, 2.75) is 70.9 Å². The molecule has 4 heteroatoms. The highest BCUT2D eigenvalue weighted by molar-refractivity contribution is 5.81. The fraction of sp³-hybridized carbons (Fsp3) is 0.941. The Labute approximate surface area is 130 Å². The first-order valence-electron chi connectivity index (χ1n) is 8.95. The number of likely N-dealkylation sites (tertiary alicyclic amines) is 1. The minimum absolute atomic E-state index is 0.0244. The summed E-state index contributed by atoms with van der Waals surface area (Å²) >= 11 is 0. The molecular weight excluding hydrogens is 262 g/mol. The normalized spacial score (nSPS) is 26.5. The lowest BCUT2D eigenvalue weighted by Gasteiger charge is -2.37. The molecule has 2 rings (SSSR count). The molecule has 2 aliphatic rings. The maximum absolute atomic E-state index is 12.5. The standard InChI is InChI=1S/C17H33N3O/c1-3-18-12-15-8-7-11-20(13-15)14(2)17(21)19-16-9-5-4-6-10-16/h14-16,18H,3-13H2,1-2H3,(H,19,21). The van der Waals surface area contributed by atoms with Crippen LogP contribution in [0.4, 0.5) is 0 Å². The van der Waals surface area contributed by atoms with E-state index in [0.717, 1.165) is 26.2 Å². The third-order valence-corrected chi connectivity index (χ3v) is 5.11. The van der Waals surface area contributed by atoms with Gasteiger partial charge in [-0.05, 0) is 58.2 Å². The van der Waals surface area contributed by atoms with Crippen LogP contribution >= 0.6 is 0 Å². The number of amides is 1. The first-order valence-corrected chi connectivity index (χ1v) is 8.95. The summed E-state index contributed by atoms with van der Waals surface area (Å²) in [5.41, 5.74) is 0. The highest BCUT2D eigenvalue weighted by atomic mass is 16.2. The topological polar surface area (TPSA) is 44.4 Å². The van der Waals surface area contributed by atoms with Crippen molar-refractivity contribution >= 4 is 5.91 Å². The number of carbonyl (C=O) groups excluding carboxylic acids is 1. The van der Waals surface area contributed by atoms with Crippen molar-refractivity contribution in [1.82, 2.24) is 15.5 Å². The summed E-state index contributed by atoms with van der Waals surface area (Å²) in [7, 11) is 0. The van der Waals surface area contributed by atoms with Crippen molar-refractivity contribution in [3.8, 4) is 0 Å². The van der Waals surface area contributed by atoms with E-state index in [1.807, 2.05) is 0 Å². The summed E-state index contributed by atoms with van der Waals surface area (Å²) in [6.07, 6.45) is 8.72. The molecule has 0 spiro atoms. The Morgan fingerprint density at radius 3 is 2.67 bits per heavy atom. The highest BCUT2D eigenvalue weighted by Crippen LogP contribution is 2.20. The molecule has 0 aromatic rings. The fourth-order valence-corrected chi connectivity index (χ4v) is 3.70. The predicted octanol–water partition coefficient (Wildman–Crippen LogP) is 2.15. The van der Waals surface area contributed by atoms with Crippen LogP contribution in [-0.2, 0) is 4.79 Å². The molecule has 2 atom stereocenters. The van der Waals surface area contributed by atoms with Crippen molar-refractivity contribution < 1.29 is 4.79 Å². The molecule has 1 saturated carbocycles. The van der Waals surface area contributed by atoms with Gasteiger partial charge in [-0.15, -0.1) is 0 Å². The SMILES string of the molecule is CCNCC1CCCN(C(C)C(=O)NC2CCCCC2)C1. The summed E-state index contributed by atoms with van der Waals surface area (Å²) in [5.74, 6) is 0.939. The fourth-order valence-electron chi connectivity index (χ4n) is 3.70. The molecule has 0 aromatic carbocycles. The monoisotopic (exact) mass is 295 g/mol. The molecular formula is C17H33N3O. The van der Waals surface area contributed by atoms with Crippen LogP contribution in [0.25, 0.3) is 0 Å². The van der Waals surface area contributed by atoms with Gasteiger partial charge in [0.05, 0.1) is 6.04 Å². The maximum atomic E-state index is 12.5. The van der Waals surface area contributed by atoms with Crippen LogP contribution in [0.2, 0.25) is 0 Å². The summed E-state index contributed by atoms with van der Waals surface area (Å²) in [4.78, 5) is 14.8. The van der Waals surface area contributed by atoms with Gasteiger partial charge in [0.15, 0.2) is 0 Å². The number of carbonyl (C=O) groups is 1. The molecule has 2 N–H and O–H groups in total. The summed E-state index contributed by atoms with van der Waals surface area (Å²) in [6, 6.07) is 0.451. The molecule has 2 unspecified atom stereocenters. The Morgan fingerprint density at radius 2 is 1.95 bits per heavy atom. The predicted molar refractivity (Wildman–Crippen MR) is 87.3 cm³/mol. The Balaban J connectivity index is 1.77. The quantitative estimate of drug-likeness (QED) is 0.789. The van der Waals surface area contributed by atoms with Crippen molar-refractivity contribution in [2.24, 2.45) is 5.92 Å². The van der Waals surface area contributed by atoms with Gasteiger partial charge in [0.25, 0.3) is 0 Å². The minimum Gasteiger partial charge on any atom is -0.352 e. The summed E-state index contributed by atoms with van der Waals surface area (Å²) in [5, 5.41) is 6.72.